The number of aromatic nitrogens is 2. The summed E-state index contributed by atoms with van der Waals surface area (Å²) in [6.45, 7) is 3.46. The molecule has 0 spiro atoms. The van der Waals surface area contributed by atoms with Crippen LogP contribution in [0.1, 0.15) is 35.8 Å². The fraction of sp³-hybridized carbons (Fsp3) is 0.455. The van der Waals surface area contributed by atoms with E-state index >= 15 is 0 Å². The number of imidazole rings is 1. The standard InChI is InChI=1S/C22H31ClN6O3/c1-3-25-20(31)18-19(26-11-10-24)27-21(28-22(14-30)8-4-5-9-22)29(18)13-15-6-7-17(32-2)16(23)12-15/h4-7,12,26,30H,3,8-11,13-14,24H2,1-2H3,(H,25,31)(H,27,28). The summed E-state index contributed by atoms with van der Waals surface area (Å²) in [5, 5.41) is 20.0. The Morgan fingerprint density at radius 2 is 2.12 bits per heavy atom. The second-order valence-corrected chi connectivity index (χ2v) is 8.11. The number of hydrogen-bond acceptors (Lipinski definition) is 7. The lowest BCUT2D eigenvalue weighted by Crippen LogP contribution is -2.40. The first kappa shape index (κ1) is 23.9. The Kier molecular flexibility index (Phi) is 8.00. The smallest absolute Gasteiger partial charge is 0.271 e. The van der Waals surface area contributed by atoms with Crippen LogP contribution >= 0.6 is 11.6 Å². The highest BCUT2D eigenvalue weighted by Gasteiger charge is 2.33. The van der Waals surface area contributed by atoms with E-state index in [1.807, 2.05) is 25.1 Å². The number of aliphatic hydroxyl groups excluding tert-OH is 1. The Bertz CT molecular complexity index is 967. The fourth-order valence-electron chi connectivity index (χ4n) is 3.69. The molecule has 0 bridgehead atoms. The molecule has 0 unspecified atom stereocenters. The Morgan fingerprint density at radius 3 is 2.72 bits per heavy atom. The lowest BCUT2D eigenvalue weighted by atomic mass is 9.98. The number of carbonyl (C=O) groups is 1. The van der Waals surface area contributed by atoms with Gasteiger partial charge in [0.05, 0.1) is 30.8 Å². The van der Waals surface area contributed by atoms with Gasteiger partial charge in [0.15, 0.2) is 11.5 Å². The number of benzene rings is 1. The highest BCUT2D eigenvalue weighted by molar-refractivity contribution is 6.32. The van der Waals surface area contributed by atoms with Crippen molar-refractivity contribution in [1.29, 1.82) is 0 Å². The van der Waals surface area contributed by atoms with Crippen molar-refractivity contribution in [3.05, 3.63) is 46.6 Å². The van der Waals surface area contributed by atoms with Gasteiger partial charge in [0.1, 0.15) is 5.75 Å². The maximum Gasteiger partial charge on any atom is 0.271 e. The molecule has 0 atom stereocenters. The Labute approximate surface area is 193 Å². The van der Waals surface area contributed by atoms with E-state index in [0.717, 1.165) is 5.56 Å². The van der Waals surface area contributed by atoms with Gasteiger partial charge in [0.25, 0.3) is 5.91 Å². The number of nitrogens with one attached hydrogen (secondary N) is 3. The second kappa shape index (κ2) is 10.7. The molecule has 10 heteroatoms. The minimum absolute atomic E-state index is 0.0662. The third-order valence-electron chi connectivity index (χ3n) is 5.38. The van der Waals surface area contributed by atoms with Crippen LogP contribution in [0.25, 0.3) is 0 Å². The second-order valence-electron chi connectivity index (χ2n) is 7.71. The lowest BCUT2D eigenvalue weighted by molar-refractivity contribution is 0.0948. The van der Waals surface area contributed by atoms with Crippen LogP contribution in [-0.4, -0.2) is 59.5 Å². The molecular weight excluding hydrogens is 432 g/mol. The zero-order valence-electron chi connectivity index (χ0n) is 18.4. The van der Waals surface area contributed by atoms with Crippen molar-refractivity contribution < 1.29 is 14.6 Å². The Hall–Kier alpha value is -2.75. The van der Waals surface area contributed by atoms with E-state index in [2.05, 4.69) is 20.9 Å². The number of hydrogen-bond donors (Lipinski definition) is 5. The number of anilines is 2. The number of ether oxygens (including phenoxy) is 1. The third kappa shape index (κ3) is 5.17. The zero-order chi connectivity index (χ0) is 23.1. The summed E-state index contributed by atoms with van der Waals surface area (Å²) in [6, 6.07) is 5.48. The summed E-state index contributed by atoms with van der Waals surface area (Å²) in [5.41, 5.74) is 6.36. The molecule has 0 radical (unpaired) electrons. The van der Waals surface area contributed by atoms with Crippen molar-refractivity contribution in [2.24, 2.45) is 5.73 Å². The van der Waals surface area contributed by atoms with Crippen LogP contribution in [0.15, 0.2) is 30.4 Å². The van der Waals surface area contributed by atoms with Gasteiger partial charge in [-0.3, -0.25) is 9.36 Å². The van der Waals surface area contributed by atoms with Crippen LogP contribution in [0.5, 0.6) is 5.75 Å². The van der Waals surface area contributed by atoms with E-state index in [9.17, 15) is 9.90 Å². The average molecular weight is 463 g/mol. The van der Waals surface area contributed by atoms with Crippen molar-refractivity contribution in [3.63, 3.8) is 0 Å². The molecule has 1 aliphatic carbocycles. The van der Waals surface area contributed by atoms with Crippen LogP contribution < -0.4 is 26.4 Å². The molecule has 0 fully saturated rings. The molecule has 0 saturated heterocycles. The number of carbonyl (C=O) groups excluding carboxylic acids is 1. The van der Waals surface area contributed by atoms with Crippen molar-refractivity contribution in [2.75, 3.05) is 44.0 Å². The summed E-state index contributed by atoms with van der Waals surface area (Å²) in [4.78, 5) is 17.7. The molecule has 0 aliphatic heterocycles. The molecule has 0 saturated carbocycles. The molecule has 3 rings (SSSR count). The highest BCUT2D eigenvalue weighted by atomic mass is 35.5. The molecule has 2 aromatic rings. The first-order valence-electron chi connectivity index (χ1n) is 10.7. The van der Waals surface area contributed by atoms with Gasteiger partial charge in [-0.2, -0.15) is 4.98 Å². The van der Waals surface area contributed by atoms with Gasteiger partial charge in [-0.1, -0.05) is 29.8 Å². The van der Waals surface area contributed by atoms with E-state index in [-0.39, 0.29) is 12.5 Å². The Morgan fingerprint density at radius 1 is 1.38 bits per heavy atom. The summed E-state index contributed by atoms with van der Waals surface area (Å²) in [6.07, 6.45) is 5.37. The molecule has 174 valence electrons. The normalized spacial score (nSPS) is 14.4. The Balaban J connectivity index is 2.07. The van der Waals surface area contributed by atoms with E-state index in [0.29, 0.717) is 67.3 Å². The molecule has 1 aliphatic rings. The van der Waals surface area contributed by atoms with Crippen LogP contribution in [0.4, 0.5) is 11.8 Å². The number of nitrogens with two attached hydrogens (primary N) is 1. The molecular formula is C22H31ClN6O3. The average Bonchev–Trinajstić information content (AvgIpc) is 3.38. The van der Waals surface area contributed by atoms with Crippen molar-refractivity contribution in [3.8, 4) is 5.75 Å². The quantitative estimate of drug-likeness (QED) is 0.324. The number of halogens is 1. The van der Waals surface area contributed by atoms with Crippen molar-refractivity contribution >= 4 is 29.3 Å². The molecule has 1 amide bonds. The number of rotatable bonds is 11. The fourth-order valence-corrected chi connectivity index (χ4v) is 3.97. The maximum atomic E-state index is 13.0. The van der Waals surface area contributed by atoms with Crippen LogP contribution in [-0.2, 0) is 6.54 Å². The first-order valence-corrected chi connectivity index (χ1v) is 11.0. The summed E-state index contributed by atoms with van der Waals surface area (Å²) in [7, 11) is 1.56. The summed E-state index contributed by atoms with van der Waals surface area (Å²) < 4.78 is 7.05. The SMILES string of the molecule is CCNC(=O)c1c(NCCN)nc(NC2(CO)CC=CC2)n1Cc1ccc(OC)c(Cl)c1. The first-order chi connectivity index (χ1) is 15.5. The topological polar surface area (TPSA) is 126 Å². The third-order valence-corrected chi connectivity index (χ3v) is 5.67. The van der Waals surface area contributed by atoms with E-state index in [1.165, 1.54) is 0 Å². The predicted molar refractivity (Wildman–Crippen MR) is 127 cm³/mol. The summed E-state index contributed by atoms with van der Waals surface area (Å²) in [5.74, 6) is 1.23. The molecule has 1 aromatic carbocycles. The number of methoxy groups -OCH3 is 1. The number of nitrogens with zero attached hydrogens (tertiary/aromatic N) is 2. The van der Waals surface area contributed by atoms with E-state index in [1.54, 1.807) is 23.8 Å². The van der Waals surface area contributed by atoms with Gasteiger partial charge < -0.3 is 31.5 Å². The van der Waals surface area contributed by atoms with Crippen LogP contribution in [0, 0.1) is 0 Å². The van der Waals surface area contributed by atoms with E-state index < -0.39 is 5.54 Å². The van der Waals surface area contributed by atoms with Gasteiger partial charge in [0.2, 0.25) is 5.95 Å². The number of aliphatic hydroxyl groups is 1. The van der Waals surface area contributed by atoms with Gasteiger partial charge in [-0.15, -0.1) is 0 Å². The summed E-state index contributed by atoms with van der Waals surface area (Å²) >= 11 is 6.33. The molecule has 9 nitrogen and oxygen atoms in total. The molecule has 32 heavy (non-hydrogen) atoms. The predicted octanol–water partition coefficient (Wildman–Crippen LogP) is 2.21. The van der Waals surface area contributed by atoms with Gasteiger partial charge >= 0.3 is 0 Å². The minimum Gasteiger partial charge on any atom is -0.495 e. The molecule has 6 N–H and O–H groups in total. The van der Waals surface area contributed by atoms with Crippen molar-refractivity contribution in [2.45, 2.75) is 31.8 Å². The van der Waals surface area contributed by atoms with Crippen LogP contribution in [0.2, 0.25) is 5.02 Å². The van der Waals surface area contributed by atoms with Gasteiger partial charge in [-0.25, -0.2) is 0 Å². The molecule has 1 heterocycles. The van der Waals surface area contributed by atoms with Crippen molar-refractivity contribution in [1.82, 2.24) is 14.9 Å². The maximum absolute atomic E-state index is 13.0. The van der Waals surface area contributed by atoms with Gasteiger partial charge in [-0.05, 0) is 37.5 Å². The van der Waals surface area contributed by atoms with Crippen LogP contribution in [0.3, 0.4) is 0 Å². The minimum atomic E-state index is -0.565. The zero-order valence-corrected chi connectivity index (χ0v) is 19.2. The molecule has 1 aromatic heterocycles. The highest BCUT2D eigenvalue weighted by Crippen LogP contribution is 2.32. The largest absolute Gasteiger partial charge is 0.495 e. The number of amides is 1. The van der Waals surface area contributed by atoms with Gasteiger partial charge in [0, 0.05) is 19.6 Å². The lowest BCUT2D eigenvalue weighted by Gasteiger charge is -2.29. The van der Waals surface area contributed by atoms with E-state index in [4.69, 9.17) is 22.1 Å². The monoisotopic (exact) mass is 462 g/mol.